The van der Waals surface area contributed by atoms with Gasteiger partial charge in [-0.25, -0.2) is 9.59 Å². The molecule has 0 spiro atoms. The molecule has 6 atom stereocenters. The Balaban J connectivity index is 2.04. The molecule has 14 heteroatoms. The number of oxime groups is 1. The molecule has 0 saturated heterocycles. The highest BCUT2D eigenvalue weighted by atomic mass is 16.7. The summed E-state index contributed by atoms with van der Waals surface area (Å²) in [6.45, 7) is 12.3. The minimum atomic E-state index is -1.49. The summed E-state index contributed by atoms with van der Waals surface area (Å²) in [5, 5.41) is 36.5. The second kappa shape index (κ2) is 20.3. The molecule has 4 N–H and O–H groups in total. The molecule has 0 aromatic heterocycles. The molecule has 14 nitrogen and oxygen atoms in total. The van der Waals surface area contributed by atoms with Crippen LogP contribution in [0.2, 0.25) is 0 Å². The van der Waals surface area contributed by atoms with Gasteiger partial charge < -0.3 is 49.2 Å². The second-order valence-electron chi connectivity index (χ2n) is 14.9. The molecular formula is C40H61N3O11. The molecule has 302 valence electrons. The van der Waals surface area contributed by atoms with Crippen molar-refractivity contribution in [2.24, 2.45) is 22.9 Å². The van der Waals surface area contributed by atoms with E-state index in [-0.39, 0.29) is 70.4 Å². The lowest BCUT2D eigenvalue weighted by Gasteiger charge is -2.59. The Hall–Kier alpha value is -3.69. The van der Waals surface area contributed by atoms with Crippen LogP contribution in [0.5, 0.6) is 11.5 Å². The van der Waals surface area contributed by atoms with Gasteiger partial charge in [-0.2, -0.15) is 0 Å². The van der Waals surface area contributed by atoms with Crippen LogP contribution in [0.15, 0.2) is 47.7 Å². The van der Waals surface area contributed by atoms with Crippen LogP contribution in [0.25, 0.3) is 0 Å². The number of unbranched alkanes of at least 4 members (excludes halogenated alkanes) is 2. The zero-order valence-corrected chi connectivity index (χ0v) is 32.6. The number of allylic oxidation sites excluding steroid dienone is 1. The van der Waals surface area contributed by atoms with Gasteiger partial charge in [0, 0.05) is 44.2 Å². The molecule has 54 heavy (non-hydrogen) atoms. The molecule has 1 aromatic rings. The van der Waals surface area contributed by atoms with Crippen LogP contribution in [-0.2, 0) is 19.0 Å². The summed E-state index contributed by atoms with van der Waals surface area (Å²) >= 11 is 0. The van der Waals surface area contributed by atoms with Crippen molar-refractivity contribution in [1.29, 1.82) is 0 Å². The number of ether oxygens (including phenoxy) is 5. The van der Waals surface area contributed by atoms with E-state index in [9.17, 15) is 24.9 Å². The van der Waals surface area contributed by atoms with Crippen molar-refractivity contribution in [3.63, 3.8) is 0 Å². The van der Waals surface area contributed by atoms with Crippen molar-refractivity contribution in [1.82, 2.24) is 10.2 Å². The Morgan fingerprint density at radius 2 is 1.83 bits per heavy atom. The van der Waals surface area contributed by atoms with Crippen LogP contribution >= 0.6 is 0 Å². The number of nitrogens with zero attached hydrogens (tertiary/aromatic N) is 2. The van der Waals surface area contributed by atoms with Crippen LogP contribution in [0.3, 0.4) is 0 Å². The van der Waals surface area contributed by atoms with E-state index < -0.39 is 35.5 Å². The number of aliphatic hydroxyl groups is 3. The maximum absolute atomic E-state index is 13.8. The van der Waals surface area contributed by atoms with Gasteiger partial charge in [-0.1, -0.05) is 30.1 Å². The molecule has 1 heterocycles. The van der Waals surface area contributed by atoms with E-state index in [4.69, 9.17) is 33.7 Å². The summed E-state index contributed by atoms with van der Waals surface area (Å²) in [4.78, 5) is 34.1. The fourth-order valence-electron chi connectivity index (χ4n) is 8.01. The molecule has 0 bridgehead atoms. The van der Waals surface area contributed by atoms with Crippen LogP contribution in [0.4, 0.5) is 9.59 Å². The van der Waals surface area contributed by atoms with Crippen molar-refractivity contribution in [3.8, 4) is 11.5 Å². The average molecular weight is 760 g/mol. The van der Waals surface area contributed by atoms with E-state index >= 15 is 0 Å². The molecule has 4 rings (SSSR count). The first-order chi connectivity index (χ1) is 26.0. The Morgan fingerprint density at radius 3 is 2.48 bits per heavy atom. The van der Waals surface area contributed by atoms with Crippen LogP contribution in [0, 0.1) is 17.8 Å². The van der Waals surface area contributed by atoms with E-state index in [1.165, 1.54) is 7.11 Å². The zero-order chi connectivity index (χ0) is 39.3. The highest BCUT2D eigenvalue weighted by molar-refractivity contribution is 6.03. The van der Waals surface area contributed by atoms with Gasteiger partial charge in [-0.15, -0.1) is 6.58 Å². The van der Waals surface area contributed by atoms with Crippen molar-refractivity contribution in [3.05, 3.63) is 48.1 Å². The molecule has 2 amide bonds. The van der Waals surface area contributed by atoms with Crippen molar-refractivity contribution >= 4 is 17.9 Å². The number of hydrogen-bond donors (Lipinski definition) is 4. The molecule has 0 radical (unpaired) electrons. The third-order valence-corrected chi connectivity index (χ3v) is 10.1. The maximum Gasteiger partial charge on any atom is 0.412 e. The predicted octanol–water partition coefficient (Wildman–Crippen LogP) is 5.30. The topological polar surface area (TPSA) is 178 Å². The van der Waals surface area contributed by atoms with Gasteiger partial charge in [0.25, 0.3) is 0 Å². The fourth-order valence-corrected chi connectivity index (χ4v) is 8.01. The van der Waals surface area contributed by atoms with Gasteiger partial charge in [0.1, 0.15) is 23.1 Å². The summed E-state index contributed by atoms with van der Waals surface area (Å²) in [6, 6.07) is 4.50. The molecule has 1 fully saturated rings. The normalized spacial score (nSPS) is 25.1. The number of fused-ring (bicyclic) bond motifs is 2. The smallest absolute Gasteiger partial charge is 0.412 e. The number of amides is 2. The lowest BCUT2D eigenvalue weighted by Crippen LogP contribution is -2.70. The SMILES string of the molecule is C=CCOC12Oc3ccc(OC(=O)NCC)cc3C3C(CCCCO)C(CCCCO)C=C(C(=NOC(C)(C)C)CC1N(CCOCCO)C(=O)OC)C32. The first-order valence-electron chi connectivity index (χ1n) is 19.2. The molecule has 1 aliphatic heterocycles. The monoisotopic (exact) mass is 759 g/mol. The molecule has 1 aromatic carbocycles. The number of rotatable bonds is 20. The predicted molar refractivity (Wildman–Crippen MR) is 203 cm³/mol. The van der Waals surface area contributed by atoms with Gasteiger partial charge in [0.2, 0.25) is 5.79 Å². The Morgan fingerprint density at radius 1 is 1.09 bits per heavy atom. The van der Waals surface area contributed by atoms with E-state index in [1.807, 2.05) is 33.8 Å². The average Bonchev–Trinajstić information content (AvgIpc) is 3.14. The minimum Gasteiger partial charge on any atom is -0.459 e. The number of nitrogens with one attached hydrogen (secondary N) is 1. The molecule has 1 saturated carbocycles. The fraction of sp³-hybridized carbons (Fsp3) is 0.675. The van der Waals surface area contributed by atoms with Gasteiger partial charge in [0.15, 0.2) is 0 Å². The third-order valence-electron chi connectivity index (χ3n) is 10.1. The van der Waals surface area contributed by atoms with Crippen LogP contribution in [-0.4, -0.2) is 115 Å². The van der Waals surface area contributed by atoms with E-state index in [1.54, 1.807) is 23.1 Å². The van der Waals surface area contributed by atoms with Crippen LogP contribution < -0.4 is 14.8 Å². The van der Waals surface area contributed by atoms with Gasteiger partial charge in [-0.05, 0) is 89.0 Å². The van der Waals surface area contributed by atoms with E-state index in [0.29, 0.717) is 36.6 Å². The summed E-state index contributed by atoms with van der Waals surface area (Å²) in [6.07, 6.45) is 7.24. The maximum atomic E-state index is 13.8. The molecule has 3 aliphatic rings. The van der Waals surface area contributed by atoms with Crippen molar-refractivity contribution in [2.45, 2.75) is 96.0 Å². The number of aliphatic hydroxyl groups excluding tert-OH is 3. The van der Waals surface area contributed by atoms with Crippen LogP contribution in [0.1, 0.15) is 84.1 Å². The summed E-state index contributed by atoms with van der Waals surface area (Å²) in [5.41, 5.74) is 1.70. The number of methoxy groups -OCH3 is 1. The lowest BCUT2D eigenvalue weighted by molar-refractivity contribution is -0.256. The summed E-state index contributed by atoms with van der Waals surface area (Å²) in [7, 11) is 1.32. The Bertz CT molecular complexity index is 1460. The first-order valence-corrected chi connectivity index (χ1v) is 19.2. The second-order valence-corrected chi connectivity index (χ2v) is 14.9. The lowest BCUT2D eigenvalue weighted by atomic mass is 9.55. The largest absolute Gasteiger partial charge is 0.459 e. The highest BCUT2D eigenvalue weighted by Gasteiger charge is 2.65. The molecule has 2 aliphatic carbocycles. The number of benzene rings is 1. The number of carbonyl (C=O) groups excluding carboxylic acids is 2. The number of carbonyl (C=O) groups is 2. The number of hydrogen-bond acceptors (Lipinski definition) is 12. The van der Waals surface area contributed by atoms with Gasteiger partial charge in [0.05, 0.1) is 45.2 Å². The zero-order valence-electron chi connectivity index (χ0n) is 32.6. The first kappa shape index (κ1) is 43.0. The Labute approximate surface area is 319 Å². The van der Waals surface area contributed by atoms with Gasteiger partial charge in [-0.3, -0.25) is 4.90 Å². The quantitative estimate of drug-likeness (QED) is 0.0770. The highest BCUT2D eigenvalue weighted by Crippen LogP contribution is 2.62. The Kier molecular flexibility index (Phi) is 16.2. The van der Waals surface area contributed by atoms with Gasteiger partial charge >= 0.3 is 12.2 Å². The minimum absolute atomic E-state index is 0.0129. The van der Waals surface area contributed by atoms with E-state index in [2.05, 4.69) is 18.0 Å². The summed E-state index contributed by atoms with van der Waals surface area (Å²) < 4.78 is 30.7. The summed E-state index contributed by atoms with van der Waals surface area (Å²) in [5.74, 6) is -1.46. The standard InChI is InChI=1S/C40H61N3O11/c1-7-21-51-40-34(43(38(48)49-6)17-22-50-23-20-46)26-32(42-54-39(3,4)5)30-24-27(13-9-11-18-44)29(14-10-12-19-45)35(36(30)40)31-25-28(15-16-33(31)53-40)52-37(47)41-8-2/h7,15-16,24-25,27,29,34-36,44-46H,1,8-14,17-23,26H2,2-6H3,(H,41,47). The van der Waals surface area contributed by atoms with E-state index in [0.717, 1.165) is 36.8 Å². The van der Waals surface area contributed by atoms with Crippen molar-refractivity contribution in [2.75, 3.05) is 59.8 Å². The molecule has 6 unspecified atom stereocenters. The van der Waals surface area contributed by atoms with Crippen molar-refractivity contribution < 1.29 is 53.4 Å². The third kappa shape index (κ3) is 10.3. The molecular weight excluding hydrogens is 698 g/mol.